The van der Waals surface area contributed by atoms with Crippen LogP contribution < -0.4 is 10.5 Å². The maximum Gasteiger partial charge on any atom is 0.267 e. The van der Waals surface area contributed by atoms with Crippen molar-refractivity contribution in [1.29, 1.82) is 0 Å². The molecule has 0 aromatic heterocycles. The molecular weight excluding hydrogens is 236 g/mol. The summed E-state index contributed by atoms with van der Waals surface area (Å²) in [5, 5.41) is 0. The lowest BCUT2D eigenvalue weighted by Gasteiger charge is -2.28. The molecule has 0 bridgehead atoms. The van der Waals surface area contributed by atoms with Crippen molar-refractivity contribution in [1.82, 2.24) is 0 Å². The van der Waals surface area contributed by atoms with Gasteiger partial charge in [0.1, 0.15) is 5.75 Å². The van der Waals surface area contributed by atoms with Crippen LogP contribution in [-0.4, -0.2) is 13.7 Å². The topological polar surface area (TPSA) is 35.2 Å². The van der Waals surface area contributed by atoms with Crippen LogP contribution in [0.3, 0.4) is 0 Å². The van der Waals surface area contributed by atoms with E-state index in [9.17, 15) is 8.78 Å². The molecule has 2 nitrogen and oxygen atoms in total. The number of nitrogens with two attached hydrogens (primary N) is 1. The van der Waals surface area contributed by atoms with Gasteiger partial charge in [0.05, 0.1) is 12.7 Å². The molecule has 1 aliphatic carbocycles. The van der Waals surface area contributed by atoms with Crippen LogP contribution >= 0.6 is 0 Å². The fraction of sp³-hybridized carbons (Fsp3) is 0.571. The van der Waals surface area contributed by atoms with E-state index < -0.39 is 6.43 Å². The minimum absolute atomic E-state index is 0.0327. The summed E-state index contributed by atoms with van der Waals surface area (Å²) < 4.78 is 31.0. The quantitative estimate of drug-likeness (QED) is 0.895. The van der Waals surface area contributed by atoms with Gasteiger partial charge in [-0.05, 0) is 30.5 Å². The van der Waals surface area contributed by atoms with Gasteiger partial charge in [-0.25, -0.2) is 8.78 Å². The second-order valence-corrected chi connectivity index (χ2v) is 4.95. The van der Waals surface area contributed by atoms with Gasteiger partial charge in [-0.2, -0.15) is 0 Å². The summed E-state index contributed by atoms with van der Waals surface area (Å²) in [5.41, 5.74) is 6.66. The molecule has 1 aliphatic rings. The van der Waals surface area contributed by atoms with Crippen LogP contribution in [0.4, 0.5) is 8.78 Å². The van der Waals surface area contributed by atoms with Gasteiger partial charge >= 0.3 is 0 Å². The summed E-state index contributed by atoms with van der Waals surface area (Å²) in [5.74, 6) is 0.249. The number of hydrogen-bond donors (Lipinski definition) is 1. The van der Waals surface area contributed by atoms with Crippen LogP contribution in [0.1, 0.15) is 43.2 Å². The minimum Gasteiger partial charge on any atom is -0.496 e. The molecule has 1 aromatic rings. The molecule has 100 valence electrons. The normalized spacial score (nSPS) is 18.3. The Balaban J connectivity index is 2.42. The van der Waals surface area contributed by atoms with E-state index in [-0.39, 0.29) is 16.7 Å². The van der Waals surface area contributed by atoms with Crippen molar-refractivity contribution in [3.05, 3.63) is 29.3 Å². The lowest BCUT2D eigenvalue weighted by atomic mass is 9.78. The second-order valence-electron chi connectivity index (χ2n) is 4.95. The van der Waals surface area contributed by atoms with E-state index in [0.717, 1.165) is 31.2 Å². The zero-order valence-corrected chi connectivity index (χ0v) is 10.6. The van der Waals surface area contributed by atoms with Gasteiger partial charge in [-0.1, -0.05) is 18.9 Å². The van der Waals surface area contributed by atoms with E-state index in [1.165, 1.54) is 7.11 Å². The Morgan fingerprint density at radius 2 is 2.00 bits per heavy atom. The second kappa shape index (κ2) is 5.22. The lowest BCUT2D eigenvalue weighted by molar-refractivity contribution is 0.147. The first kappa shape index (κ1) is 13.3. The summed E-state index contributed by atoms with van der Waals surface area (Å²) in [4.78, 5) is 0. The van der Waals surface area contributed by atoms with E-state index >= 15 is 0 Å². The van der Waals surface area contributed by atoms with Crippen LogP contribution in [0.2, 0.25) is 0 Å². The van der Waals surface area contributed by atoms with Crippen molar-refractivity contribution >= 4 is 0 Å². The van der Waals surface area contributed by atoms with E-state index in [1.54, 1.807) is 12.1 Å². The van der Waals surface area contributed by atoms with Gasteiger partial charge in [0.15, 0.2) is 0 Å². The Bertz CT molecular complexity index is 414. The minimum atomic E-state index is -2.52. The summed E-state index contributed by atoms with van der Waals surface area (Å²) >= 11 is 0. The zero-order valence-electron chi connectivity index (χ0n) is 10.6. The third kappa shape index (κ3) is 2.21. The Morgan fingerprint density at radius 3 is 2.50 bits per heavy atom. The summed E-state index contributed by atoms with van der Waals surface area (Å²) in [6, 6.07) is 5.08. The first-order chi connectivity index (χ1) is 8.63. The number of methoxy groups -OCH3 is 1. The molecule has 0 radical (unpaired) electrons. The molecular formula is C14H19F2NO. The molecule has 0 heterocycles. The third-order valence-electron chi connectivity index (χ3n) is 4.03. The number of halogens is 2. The summed E-state index contributed by atoms with van der Waals surface area (Å²) in [6.45, 7) is 0.516. The fourth-order valence-electron chi connectivity index (χ4n) is 2.90. The van der Waals surface area contributed by atoms with Crippen molar-refractivity contribution < 1.29 is 13.5 Å². The smallest absolute Gasteiger partial charge is 0.267 e. The number of rotatable bonds is 4. The van der Waals surface area contributed by atoms with E-state index in [1.807, 2.05) is 6.07 Å². The van der Waals surface area contributed by atoms with Gasteiger partial charge in [0.25, 0.3) is 6.43 Å². The molecule has 1 saturated carbocycles. The predicted octanol–water partition coefficient (Wildman–Crippen LogP) is 3.40. The van der Waals surface area contributed by atoms with E-state index in [0.29, 0.717) is 6.54 Å². The average molecular weight is 255 g/mol. The highest BCUT2D eigenvalue weighted by Gasteiger charge is 2.35. The molecule has 0 aliphatic heterocycles. The SMILES string of the molecule is COc1ccc(C2(CN)CCCC2)cc1C(F)F. The molecule has 0 saturated heterocycles. The van der Waals surface area contributed by atoms with Crippen LogP contribution in [-0.2, 0) is 5.41 Å². The Morgan fingerprint density at radius 1 is 1.33 bits per heavy atom. The highest BCUT2D eigenvalue weighted by molar-refractivity contribution is 5.41. The third-order valence-corrected chi connectivity index (χ3v) is 4.03. The molecule has 0 atom stereocenters. The maximum atomic E-state index is 13.0. The van der Waals surface area contributed by atoms with Crippen molar-refractivity contribution in [2.75, 3.05) is 13.7 Å². The lowest BCUT2D eigenvalue weighted by Crippen LogP contribution is -2.32. The maximum absolute atomic E-state index is 13.0. The van der Waals surface area contributed by atoms with Crippen LogP contribution in [0.25, 0.3) is 0 Å². The number of hydrogen-bond acceptors (Lipinski definition) is 2. The van der Waals surface area contributed by atoms with Crippen molar-refractivity contribution in [2.24, 2.45) is 5.73 Å². The summed E-state index contributed by atoms with van der Waals surface area (Å²) in [6.07, 6.45) is 1.69. The molecule has 1 fully saturated rings. The van der Waals surface area contributed by atoms with Gasteiger partial charge in [0, 0.05) is 12.0 Å². The Kier molecular flexibility index (Phi) is 3.85. The van der Waals surface area contributed by atoms with E-state index in [2.05, 4.69) is 0 Å². The predicted molar refractivity (Wildman–Crippen MR) is 67.2 cm³/mol. The van der Waals surface area contributed by atoms with Crippen molar-refractivity contribution in [3.63, 3.8) is 0 Å². The monoisotopic (exact) mass is 255 g/mol. The first-order valence-electron chi connectivity index (χ1n) is 6.29. The zero-order chi connectivity index (χ0) is 13.2. The molecule has 4 heteroatoms. The fourth-order valence-corrected chi connectivity index (χ4v) is 2.90. The molecule has 2 rings (SSSR count). The van der Waals surface area contributed by atoms with Crippen LogP contribution in [0.5, 0.6) is 5.75 Å². The molecule has 1 aromatic carbocycles. The van der Waals surface area contributed by atoms with Crippen LogP contribution in [0.15, 0.2) is 18.2 Å². The van der Waals surface area contributed by atoms with Gasteiger partial charge in [-0.3, -0.25) is 0 Å². The van der Waals surface area contributed by atoms with Gasteiger partial charge in [0.2, 0.25) is 0 Å². The number of ether oxygens (including phenoxy) is 1. The Labute approximate surface area is 106 Å². The number of alkyl halides is 2. The van der Waals surface area contributed by atoms with Gasteiger partial charge < -0.3 is 10.5 Å². The number of benzene rings is 1. The average Bonchev–Trinajstić information content (AvgIpc) is 2.87. The summed E-state index contributed by atoms with van der Waals surface area (Å²) in [7, 11) is 1.41. The van der Waals surface area contributed by atoms with Crippen molar-refractivity contribution in [2.45, 2.75) is 37.5 Å². The first-order valence-corrected chi connectivity index (χ1v) is 6.29. The highest BCUT2D eigenvalue weighted by atomic mass is 19.3. The molecule has 0 spiro atoms. The highest BCUT2D eigenvalue weighted by Crippen LogP contribution is 2.42. The van der Waals surface area contributed by atoms with E-state index in [4.69, 9.17) is 10.5 Å². The largest absolute Gasteiger partial charge is 0.496 e. The molecule has 0 amide bonds. The van der Waals surface area contributed by atoms with Crippen molar-refractivity contribution in [3.8, 4) is 5.75 Å². The Hall–Kier alpha value is -1.16. The van der Waals surface area contributed by atoms with Gasteiger partial charge in [-0.15, -0.1) is 0 Å². The molecule has 18 heavy (non-hydrogen) atoms. The molecule has 0 unspecified atom stereocenters. The molecule has 2 N–H and O–H groups in total. The standard InChI is InChI=1S/C14H19F2NO/c1-18-12-5-4-10(8-11(12)13(15)16)14(9-17)6-2-3-7-14/h4-5,8,13H,2-3,6-7,9,17H2,1H3. The van der Waals surface area contributed by atoms with Crippen LogP contribution in [0, 0.1) is 0 Å².